The van der Waals surface area contributed by atoms with Crippen molar-refractivity contribution in [2.75, 3.05) is 13.7 Å². The third kappa shape index (κ3) is 4.34. The average molecular weight is 247 g/mol. The van der Waals surface area contributed by atoms with Gasteiger partial charge in [-0.25, -0.2) is 0 Å². The van der Waals surface area contributed by atoms with E-state index in [0.29, 0.717) is 0 Å². The third-order valence-corrected chi connectivity index (χ3v) is 3.87. The Morgan fingerprint density at radius 2 is 1.94 bits per heavy atom. The molecule has 1 aromatic carbocycles. The molecule has 0 saturated heterocycles. The quantitative estimate of drug-likeness (QED) is 0.800. The number of hydrogen-bond acceptors (Lipinski definition) is 2. The van der Waals surface area contributed by atoms with E-state index in [2.05, 4.69) is 23.5 Å². The second-order valence-corrected chi connectivity index (χ2v) is 5.34. The molecule has 0 atom stereocenters. The van der Waals surface area contributed by atoms with Crippen LogP contribution in [0.2, 0.25) is 0 Å². The van der Waals surface area contributed by atoms with Crippen molar-refractivity contribution in [2.24, 2.45) is 5.92 Å². The topological polar surface area (TPSA) is 21.3 Å². The zero-order chi connectivity index (χ0) is 12.6. The molecule has 2 nitrogen and oxygen atoms in total. The molecule has 1 saturated carbocycles. The number of nitrogens with one attached hydrogen (secondary N) is 1. The van der Waals surface area contributed by atoms with Crippen LogP contribution in [0, 0.1) is 5.92 Å². The van der Waals surface area contributed by atoms with E-state index in [1.165, 1.54) is 44.1 Å². The third-order valence-electron chi connectivity index (χ3n) is 3.87. The molecule has 0 aliphatic heterocycles. The fraction of sp³-hybridized carbons (Fsp3) is 0.625. The van der Waals surface area contributed by atoms with Gasteiger partial charge in [-0.1, -0.05) is 37.8 Å². The Kier molecular flexibility index (Phi) is 5.53. The Hall–Kier alpha value is -1.02. The maximum absolute atomic E-state index is 5.24. The van der Waals surface area contributed by atoms with E-state index in [0.717, 1.165) is 24.8 Å². The van der Waals surface area contributed by atoms with Crippen molar-refractivity contribution in [2.45, 2.75) is 45.1 Å². The number of methoxy groups -OCH3 is 1. The molecule has 0 spiro atoms. The van der Waals surface area contributed by atoms with Crippen molar-refractivity contribution < 1.29 is 4.74 Å². The standard InChI is InChI=1S/C16H25NO/c1-18-16-10-6-9-15(11-16)13-17-12-14-7-4-2-3-5-8-14/h6,9-11,14,17H,2-5,7-8,12-13H2,1H3. The molecule has 1 aliphatic carbocycles. The summed E-state index contributed by atoms with van der Waals surface area (Å²) in [6.07, 6.45) is 8.53. The van der Waals surface area contributed by atoms with Crippen LogP contribution < -0.4 is 10.1 Å². The van der Waals surface area contributed by atoms with Gasteiger partial charge in [-0.2, -0.15) is 0 Å². The lowest BCUT2D eigenvalue weighted by atomic mass is 10.0. The summed E-state index contributed by atoms with van der Waals surface area (Å²) in [4.78, 5) is 0. The Balaban J connectivity index is 1.73. The van der Waals surface area contributed by atoms with E-state index >= 15 is 0 Å². The molecular weight excluding hydrogens is 222 g/mol. The van der Waals surface area contributed by atoms with Crippen LogP contribution in [0.4, 0.5) is 0 Å². The van der Waals surface area contributed by atoms with E-state index in [4.69, 9.17) is 4.74 Å². The molecule has 1 aromatic rings. The van der Waals surface area contributed by atoms with Gasteiger partial charge in [0.05, 0.1) is 7.11 Å². The summed E-state index contributed by atoms with van der Waals surface area (Å²) in [5.74, 6) is 1.84. The summed E-state index contributed by atoms with van der Waals surface area (Å²) in [5.41, 5.74) is 1.31. The van der Waals surface area contributed by atoms with Gasteiger partial charge >= 0.3 is 0 Å². The van der Waals surface area contributed by atoms with Crippen LogP contribution in [0.1, 0.15) is 44.1 Å². The summed E-state index contributed by atoms with van der Waals surface area (Å²) in [6.45, 7) is 2.12. The van der Waals surface area contributed by atoms with Gasteiger partial charge in [-0.05, 0) is 43.0 Å². The Labute approximate surface area is 111 Å². The molecule has 1 fully saturated rings. The molecule has 0 unspecified atom stereocenters. The molecule has 0 aromatic heterocycles. The predicted octanol–water partition coefficient (Wildman–Crippen LogP) is 3.76. The molecule has 0 radical (unpaired) electrons. The van der Waals surface area contributed by atoms with Gasteiger partial charge in [0.25, 0.3) is 0 Å². The first-order valence-corrected chi connectivity index (χ1v) is 7.22. The van der Waals surface area contributed by atoms with Crippen molar-refractivity contribution in [3.8, 4) is 5.75 Å². The number of ether oxygens (including phenoxy) is 1. The lowest BCUT2D eigenvalue weighted by Gasteiger charge is -2.15. The molecular formula is C16H25NO. The summed E-state index contributed by atoms with van der Waals surface area (Å²) in [7, 11) is 1.72. The Morgan fingerprint density at radius 1 is 1.17 bits per heavy atom. The fourth-order valence-electron chi connectivity index (χ4n) is 2.77. The van der Waals surface area contributed by atoms with Gasteiger partial charge in [-0.15, -0.1) is 0 Å². The highest BCUT2D eigenvalue weighted by Crippen LogP contribution is 2.22. The summed E-state index contributed by atoms with van der Waals surface area (Å²) in [5, 5.41) is 3.59. The minimum atomic E-state index is 0.887. The van der Waals surface area contributed by atoms with Crippen LogP contribution in [0.25, 0.3) is 0 Å². The first kappa shape index (κ1) is 13.4. The zero-order valence-electron chi connectivity index (χ0n) is 11.5. The van der Waals surface area contributed by atoms with Gasteiger partial charge < -0.3 is 10.1 Å². The molecule has 2 rings (SSSR count). The molecule has 0 bridgehead atoms. The van der Waals surface area contributed by atoms with Crippen LogP contribution >= 0.6 is 0 Å². The molecule has 1 aliphatic rings. The predicted molar refractivity (Wildman–Crippen MR) is 75.9 cm³/mol. The normalized spacial score (nSPS) is 17.4. The smallest absolute Gasteiger partial charge is 0.119 e. The van der Waals surface area contributed by atoms with Gasteiger partial charge in [-0.3, -0.25) is 0 Å². The molecule has 1 N–H and O–H groups in total. The van der Waals surface area contributed by atoms with Gasteiger partial charge in [0.15, 0.2) is 0 Å². The van der Waals surface area contributed by atoms with Crippen molar-refractivity contribution in [3.05, 3.63) is 29.8 Å². The monoisotopic (exact) mass is 247 g/mol. The molecule has 0 amide bonds. The average Bonchev–Trinajstić information content (AvgIpc) is 2.68. The van der Waals surface area contributed by atoms with Gasteiger partial charge in [0, 0.05) is 6.54 Å². The highest BCUT2D eigenvalue weighted by atomic mass is 16.5. The van der Waals surface area contributed by atoms with Crippen LogP contribution in [0.5, 0.6) is 5.75 Å². The maximum Gasteiger partial charge on any atom is 0.119 e. The van der Waals surface area contributed by atoms with Crippen molar-refractivity contribution in [3.63, 3.8) is 0 Å². The van der Waals surface area contributed by atoms with Crippen LogP contribution in [-0.2, 0) is 6.54 Å². The van der Waals surface area contributed by atoms with Crippen LogP contribution in [0.3, 0.4) is 0 Å². The largest absolute Gasteiger partial charge is 0.497 e. The molecule has 18 heavy (non-hydrogen) atoms. The van der Waals surface area contributed by atoms with E-state index in [9.17, 15) is 0 Å². The maximum atomic E-state index is 5.24. The zero-order valence-corrected chi connectivity index (χ0v) is 11.5. The summed E-state index contributed by atoms with van der Waals surface area (Å²) >= 11 is 0. The molecule has 100 valence electrons. The number of benzene rings is 1. The van der Waals surface area contributed by atoms with Crippen LogP contribution in [-0.4, -0.2) is 13.7 Å². The second-order valence-electron chi connectivity index (χ2n) is 5.34. The SMILES string of the molecule is COc1cccc(CNCC2CCCCCC2)c1. The van der Waals surface area contributed by atoms with E-state index in [1.807, 2.05) is 6.07 Å². The van der Waals surface area contributed by atoms with E-state index in [1.54, 1.807) is 7.11 Å². The minimum absolute atomic E-state index is 0.887. The van der Waals surface area contributed by atoms with Gasteiger partial charge in [0.1, 0.15) is 5.75 Å². The number of rotatable bonds is 5. The second kappa shape index (κ2) is 7.42. The van der Waals surface area contributed by atoms with Crippen molar-refractivity contribution >= 4 is 0 Å². The van der Waals surface area contributed by atoms with Crippen molar-refractivity contribution in [1.82, 2.24) is 5.32 Å². The number of hydrogen-bond donors (Lipinski definition) is 1. The highest BCUT2D eigenvalue weighted by molar-refractivity contribution is 5.28. The minimum Gasteiger partial charge on any atom is -0.497 e. The first-order valence-electron chi connectivity index (χ1n) is 7.22. The molecule has 2 heteroatoms. The van der Waals surface area contributed by atoms with E-state index in [-0.39, 0.29) is 0 Å². The van der Waals surface area contributed by atoms with Crippen LogP contribution in [0.15, 0.2) is 24.3 Å². The first-order chi connectivity index (χ1) is 8.88. The summed E-state index contributed by atoms with van der Waals surface area (Å²) in [6, 6.07) is 8.32. The Morgan fingerprint density at radius 3 is 2.67 bits per heavy atom. The highest BCUT2D eigenvalue weighted by Gasteiger charge is 2.11. The fourth-order valence-corrected chi connectivity index (χ4v) is 2.77. The van der Waals surface area contributed by atoms with Gasteiger partial charge in [0.2, 0.25) is 0 Å². The lowest BCUT2D eigenvalue weighted by molar-refractivity contribution is 0.412. The molecule has 0 heterocycles. The summed E-state index contributed by atoms with van der Waals surface area (Å²) < 4.78 is 5.24. The van der Waals surface area contributed by atoms with E-state index < -0.39 is 0 Å². The van der Waals surface area contributed by atoms with Crippen molar-refractivity contribution in [1.29, 1.82) is 0 Å². The Bertz CT molecular complexity index is 343. The lowest BCUT2D eigenvalue weighted by Crippen LogP contribution is -2.22.